The molecular weight excluding hydrogens is 303 g/mol. The summed E-state index contributed by atoms with van der Waals surface area (Å²) >= 11 is 0. The van der Waals surface area contributed by atoms with E-state index in [1.54, 1.807) is 30.3 Å². The molecule has 0 heterocycles. The van der Waals surface area contributed by atoms with Gasteiger partial charge in [-0.15, -0.1) is 0 Å². The molecule has 0 saturated carbocycles. The van der Waals surface area contributed by atoms with Crippen LogP contribution >= 0.6 is 0 Å². The van der Waals surface area contributed by atoms with Crippen LogP contribution in [0, 0.1) is 11.7 Å². The Morgan fingerprint density at radius 2 is 1.71 bits per heavy atom. The Morgan fingerprint density at radius 1 is 1.00 bits per heavy atom. The number of halogens is 1. The highest BCUT2D eigenvalue weighted by molar-refractivity contribution is 5.65. The fourth-order valence-electron chi connectivity index (χ4n) is 2.61. The van der Waals surface area contributed by atoms with Gasteiger partial charge in [-0.2, -0.15) is 0 Å². The first-order valence-corrected chi connectivity index (χ1v) is 8.82. The molecule has 0 unspecified atom stereocenters. The van der Waals surface area contributed by atoms with Gasteiger partial charge in [0.2, 0.25) is 0 Å². The van der Waals surface area contributed by atoms with Crippen LogP contribution in [-0.2, 0) is 0 Å². The smallest absolute Gasteiger partial charge is 0.165 e. The molecule has 24 heavy (non-hydrogen) atoms. The Morgan fingerprint density at radius 3 is 2.38 bits per heavy atom. The van der Waals surface area contributed by atoms with Gasteiger partial charge in [-0.1, -0.05) is 57.7 Å². The highest BCUT2D eigenvalue weighted by Crippen LogP contribution is 2.27. The number of aromatic hydroxyl groups is 1. The Labute approximate surface area is 144 Å². The van der Waals surface area contributed by atoms with Gasteiger partial charge in [0.05, 0.1) is 6.61 Å². The van der Waals surface area contributed by atoms with E-state index in [9.17, 15) is 9.50 Å². The summed E-state index contributed by atoms with van der Waals surface area (Å²) in [4.78, 5) is 0. The summed E-state index contributed by atoms with van der Waals surface area (Å²) in [5.41, 5.74) is 1.64. The lowest BCUT2D eigenvalue weighted by atomic mass is 10.0. The van der Waals surface area contributed by atoms with Gasteiger partial charge in [0, 0.05) is 0 Å². The average Bonchev–Trinajstić information content (AvgIpc) is 2.59. The minimum Gasteiger partial charge on any atom is -0.508 e. The molecule has 3 heteroatoms. The molecule has 1 N–H and O–H groups in total. The molecule has 0 radical (unpaired) electrons. The zero-order valence-electron chi connectivity index (χ0n) is 14.6. The maximum atomic E-state index is 14.2. The molecule has 0 amide bonds. The molecule has 0 aliphatic heterocycles. The van der Waals surface area contributed by atoms with Gasteiger partial charge in [0.15, 0.2) is 11.6 Å². The van der Waals surface area contributed by atoms with E-state index in [1.165, 1.54) is 25.3 Å². The van der Waals surface area contributed by atoms with E-state index in [-0.39, 0.29) is 11.6 Å². The molecule has 0 aromatic heterocycles. The average molecular weight is 330 g/mol. The van der Waals surface area contributed by atoms with Gasteiger partial charge < -0.3 is 9.84 Å². The highest BCUT2D eigenvalue weighted by Gasteiger charge is 2.07. The number of hydrogen-bond acceptors (Lipinski definition) is 2. The van der Waals surface area contributed by atoms with Crippen molar-refractivity contribution in [2.45, 2.75) is 46.0 Å². The molecule has 2 aromatic carbocycles. The molecule has 2 nitrogen and oxygen atoms in total. The molecule has 0 fully saturated rings. The lowest BCUT2D eigenvalue weighted by molar-refractivity contribution is 0.288. The Hall–Kier alpha value is -2.03. The number of phenols is 1. The van der Waals surface area contributed by atoms with Gasteiger partial charge in [-0.05, 0) is 47.7 Å². The van der Waals surface area contributed by atoms with Crippen molar-refractivity contribution >= 4 is 0 Å². The molecule has 2 rings (SSSR count). The number of benzene rings is 2. The Bertz CT molecular complexity index is 622. The van der Waals surface area contributed by atoms with Gasteiger partial charge in [-0.25, -0.2) is 4.39 Å². The number of phenolic OH excluding ortho intramolecular Hbond substituents is 1. The topological polar surface area (TPSA) is 29.5 Å². The van der Waals surface area contributed by atoms with E-state index in [4.69, 9.17) is 4.74 Å². The van der Waals surface area contributed by atoms with Crippen LogP contribution in [0.15, 0.2) is 42.5 Å². The van der Waals surface area contributed by atoms with Crippen molar-refractivity contribution in [2.24, 2.45) is 5.92 Å². The third-order valence-corrected chi connectivity index (χ3v) is 4.43. The summed E-state index contributed by atoms with van der Waals surface area (Å²) in [6, 6.07) is 11.7. The van der Waals surface area contributed by atoms with Crippen LogP contribution in [0.2, 0.25) is 0 Å². The summed E-state index contributed by atoms with van der Waals surface area (Å²) in [6.45, 7) is 5.05. The first-order valence-electron chi connectivity index (χ1n) is 8.82. The fourth-order valence-corrected chi connectivity index (χ4v) is 2.61. The Kier molecular flexibility index (Phi) is 7.10. The quantitative estimate of drug-likeness (QED) is 0.556. The number of hydrogen-bond donors (Lipinski definition) is 1. The lowest BCUT2D eigenvalue weighted by Crippen LogP contribution is -2.00. The predicted molar refractivity (Wildman–Crippen MR) is 96.9 cm³/mol. The number of unbranched alkanes of at least 4 members (excludes halogenated alkanes) is 2. The van der Waals surface area contributed by atoms with Crippen molar-refractivity contribution in [1.29, 1.82) is 0 Å². The van der Waals surface area contributed by atoms with Crippen LogP contribution < -0.4 is 4.74 Å². The van der Waals surface area contributed by atoms with Crippen molar-refractivity contribution in [3.05, 3.63) is 48.3 Å². The molecule has 2 aromatic rings. The fraction of sp³-hybridized carbons (Fsp3) is 0.429. The molecular formula is C21H27FO2. The zero-order chi connectivity index (χ0) is 17.4. The molecule has 1 atom stereocenters. The number of rotatable bonds is 9. The summed E-state index contributed by atoms with van der Waals surface area (Å²) in [6.07, 6.45) is 5.77. The van der Waals surface area contributed by atoms with E-state index in [2.05, 4.69) is 13.8 Å². The maximum absolute atomic E-state index is 14.2. The summed E-state index contributed by atoms with van der Waals surface area (Å²) in [5, 5.41) is 9.31. The second kappa shape index (κ2) is 9.31. The molecule has 0 saturated heterocycles. The first-order chi connectivity index (χ1) is 11.6. The van der Waals surface area contributed by atoms with Crippen LogP contribution in [0.4, 0.5) is 4.39 Å². The van der Waals surface area contributed by atoms with Crippen LogP contribution in [0.5, 0.6) is 11.5 Å². The van der Waals surface area contributed by atoms with E-state index < -0.39 is 0 Å². The molecule has 0 spiro atoms. The van der Waals surface area contributed by atoms with E-state index in [0.717, 1.165) is 29.9 Å². The van der Waals surface area contributed by atoms with Gasteiger partial charge >= 0.3 is 0 Å². The van der Waals surface area contributed by atoms with Crippen molar-refractivity contribution < 1.29 is 14.2 Å². The molecule has 0 bridgehead atoms. The van der Waals surface area contributed by atoms with E-state index in [1.807, 2.05) is 6.07 Å². The second-order valence-electron chi connectivity index (χ2n) is 6.40. The van der Waals surface area contributed by atoms with Crippen LogP contribution in [0.1, 0.15) is 46.0 Å². The SMILES string of the molecule is CC[C@H](C)CCCCCOc1ccc(-c2ccc(O)cc2)cc1F. The second-order valence-corrected chi connectivity index (χ2v) is 6.40. The molecule has 0 aliphatic carbocycles. The van der Waals surface area contributed by atoms with Crippen LogP contribution in [0.25, 0.3) is 11.1 Å². The zero-order valence-corrected chi connectivity index (χ0v) is 14.6. The van der Waals surface area contributed by atoms with Crippen molar-refractivity contribution in [1.82, 2.24) is 0 Å². The summed E-state index contributed by atoms with van der Waals surface area (Å²) in [5.74, 6) is 0.947. The minimum atomic E-state index is -0.347. The van der Waals surface area contributed by atoms with Crippen LogP contribution in [-0.4, -0.2) is 11.7 Å². The monoisotopic (exact) mass is 330 g/mol. The minimum absolute atomic E-state index is 0.201. The van der Waals surface area contributed by atoms with Gasteiger partial charge in [-0.3, -0.25) is 0 Å². The van der Waals surface area contributed by atoms with E-state index >= 15 is 0 Å². The van der Waals surface area contributed by atoms with E-state index in [0.29, 0.717) is 12.4 Å². The summed E-state index contributed by atoms with van der Waals surface area (Å²) < 4.78 is 19.7. The number of ether oxygens (including phenoxy) is 1. The standard InChI is InChI=1S/C21H27FO2/c1-3-16(2)7-5-4-6-14-24-21-13-10-18(15-20(21)22)17-8-11-19(23)12-9-17/h8-13,15-16,23H,3-7,14H2,1-2H3/t16-/m0/s1. The predicted octanol–water partition coefficient (Wildman–Crippen LogP) is 6.18. The summed E-state index contributed by atoms with van der Waals surface area (Å²) in [7, 11) is 0. The first kappa shape index (κ1) is 18.3. The normalized spacial score (nSPS) is 12.1. The van der Waals surface area contributed by atoms with Gasteiger partial charge in [0.1, 0.15) is 5.75 Å². The van der Waals surface area contributed by atoms with Crippen molar-refractivity contribution in [3.8, 4) is 22.6 Å². The third-order valence-electron chi connectivity index (χ3n) is 4.43. The Balaban J connectivity index is 1.81. The molecule has 0 aliphatic rings. The molecule has 130 valence electrons. The van der Waals surface area contributed by atoms with Crippen LogP contribution in [0.3, 0.4) is 0 Å². The van der Waals surface area contributed by atoms with Crippen molar-refractivity contribution in [2.75, 3.05) is 6.61 Å². The van der Waals surface area contributed by atoms with Crippen molar-refractivity contribution in [3.63, 3.8) is 0 Å². The van der Waals surface area contributed by atoms with Gasteiger partial charge in [0.25, 0.3) is 0 Å². The maximum Gasteiger partial charge on any atom is 0.165 e. The highest BCUT2D eigenvalue weighted by atomic mass is 19.1. The largest absolute Gasteiger partial charge is 0.508 e. The lowest BCUT2D eigenvalue weighted by Gasteiger charge is -2.10. The third kappa shape index (κ3) is 5.55.